The van der Waals surface area contributed by atoms with Crippen molar-refractivity contribution in [1.29, 1.82) is 0 Å². The average molecular weight is 408 g/mol. The molecule has 0 saturated carbocycles. The fraction of sp³-hybridized carbons (Fsp3) is 0.222. The summed E-state index contributed by atoms with van der Waals surface area (Å²) in [6, 6.07) is 13.1. The van der Waals surface area contributed by atoms with E-state index in [0.717, 1.165) is 16.5 Å². The fourth-order valence-corrected chi connectivity index (χ4v) is 4.35. The lowest BCUT2D eigenvalue weighted by atomic mass is 10.2. The van der Waals surface area contributed by atoms with E-state index in [1.54, 1.807) is 0 Å². The SMILES string of the molecule is Cn1c(SCc2c(Cl)cccc2Cl)nnc1C1COc2ccccc2O1. The first-order valence-corrected chi connectivity index (χ1v) is 9.71. The van der Waals surface area contributed by atoms with Gasteiger partial charge in [-0.25, -0.2) is 0 Å². The Morgan fingerprint density at radius 3 is 2.58 bits per heavy atom. The van der Waals surface area contributed by atoms with Crippen molar-refractivity contribution in [2.24, 2.45) is 7.05 Å². The van der Waals surface area contributed by atoms with Crippen LogP contribution in [0.25, 0.3) is 0 Å². The number of hydrogen-bond acceptors (Lipinski definition) is 5. The lowest BCUT2D eigenvalue weighted by Gasteiger charge is -2.25. The highest BCUT2D eigenvalue weighted by Crippen LogP contribution is 2.36. The first-order valence-electron chi connectivity index (χ1n) is 7.97. The van der Waals surface area contributed by atoms with Crippen molar-refractivity contribution in [3.63, 3.8) is 0 Å². The number of halogens is 2. The molecule has 1 aliphatic heterocycles. The predicted molar refractivity (Wildman–Crippen MR) is 102 cm³/mol. The summed E-state index contributed by atoms with van der Waals surface area (Å²) in [5.74, 6) is 2.78. The van der Waals surface area contributed by atoms with Gasteiger partial charge in [0.1, 0.15) is 6.61 Å². The lowest BCUT2D eigenvalue weighted by Crippen LogP contribution is -2.24. The minimum atomic E-state index is -0.305. The van der Waals surface area contributed by atoms with Gasteiger partial charge in [-0.3, -0.25) is 0 Å². The Hall–Kier alpha value is -1.89. The Kier molecular flexibility index (Phi) is 4.98. The van der Waals surface area contributed by atoms with Crippen molar-refractivity contribution in [2.75, 3.05) is 6.61 Å². The molecule has 3 aromatic rings. The van der Waals surface area contributed by atoms with Gasteiger partial charge in [0.25, 0.3) is 0 Å². The van der Waals surface area contributed by atoms with E-state index in [-0.39, 0.29) is 6.10 Å². The molecule has 0 saturated heterocycles. The third kappa shape index (κ3) is 3.37. The van der Waals surface area contributed by atoms with Gasteiger partial charge in [0.15, 0.2) is 28.6 Å². The molecule has 26 heavy (non-hydrogen) atoms. The molecule has 0 spiro atoms. The van der Waals surface area contributed by atoms with Gasteiger partial charge in [0, 0.05) is 22.8 Å². The van der Waals surface area contributed by atoms with Crippen molar-refractivity contribution in [1.82, 2.24) is 14.8 Å². The Bertz CT molecular complexity index is 928. The Labute approximate surface area is 165 Å². The third-order valence-corrected chi connectivity index (χ3v) is 5.83. The standard InChI is InChI=1S/C18H15Cl2N3O2S/c1-23-17(16-9-24-14-7-2-3-8-15(14)25-16)21-22-18(23)26-10-11-12(19)5-4-6-13(11)20/h2-8,16H,9-10H2,1H3. The van der Waals surface area contributed by atoms with E-state index in [2.05, 4.69) is 10.2 Å². The highest BCUT2D eigenvalue weighted by atomic mass is 35.5. The van der Waals surface area contributed by atoms with E-state index in [1.165, 1.54) is 11.8 Å². The summed E-state index contributed by atoms with van der Waals surface area (Å²) in [6.45, 7) is 0.393. The van der Waals surface area contributed by atoms with Crippen LogP contribution in [0, 0.1) is 0 Å². The summed E-state index contributed by atoms with van der Waals surface area (Å²) in [5.41, 5.74) is 0.886. The molecule has 4 rings (SSSR count). The van der Waals surface area contributed by atoms with Gasteiger partial charge in [-0.05, 0) is 29.8 Å². The Morgan fingerprint density at radius 1 is 1.08 bits per heavy atom. The van der Waals surface area contributed by atoms with E-state index in [4.69, 9.17) is 32.7 Å². The molecule has 1 aromatic heterocycles. The number of nitrogens with zero attached hydrogens (tertiary/aromatic N) is 3. The van der Waals surface area contributed by atoms with Crippen molar-refractivity contribution >= 4 is 35.0 Å². The van der Waals surface area contributed by atoms with E-state index >= 15 is 0 Å². The Morgan fingerprint density at radius 2 is 1.81 bits per heavy atom. The molecule has 2 heterocycles. The molecule has 0 fully saturated rings. The number of hydrogen-bond donors (Lipinski definition) is 0. The third-order valence-electron chi connectivity index (χ3n) is 4.07. The quantitative estimate of drug-likeness (QED) is 0.573. The normalized spacial score (nSPS) is 15.9. The van der Waals surface area contributed by atoms with Crippen LogP contribution in [0.3, 0.4) is 0 Å². The molecule has 1 atom stereocenters. The molecule has 1 aliphatic rings. The second kappa shape index (κ2) is 7.39. The molecule has 0 N–H and O–H groups in total. The fourth-order valence-electron chi connectivity index (χ4n) is 2.69. The number of para-hydroxylation sites is 2. The second-order valence-electron chi connectivity index (χ2n) is 5.75. The predicted octanol–water partition coefficient (Wildman–Crippen LogP) is 4.93. The maximum absolute atomic E-state index is 6.23. The van der Waals surface area contributed by atoms with Gasteiger partial charge in [-0.2, -0.15) is 0 Å². The number of benzene rings is 2. The van der Waals surface area contributed by atoms with Gasteiger partial charge in [0.05, 0.1) is 0 Å². The molecular weight excluding hydrogens is 393 g/mol. The number of fused-ring (bicyclic) bond motifs is 1. The van der Waals surface area contributed by atoms with Gasteiger partial charge in [0.2, 0.25) is 0 Å². The molecular formula is C18H15Cl2N3O2S. The number of aromatic nitrogens is 3. The molecule has 0 amide bonds. The molecule has 0 bridgehead atoms. The molecule has 8 heteroatoms. The summed E-state index contributed by atoms with van der Waals surface area (Å²) in [6.07, 6.45) is -0.305. The van der Waals surface area contributed by atoms with Gasteiger partial charge in [-0.15, -0.1) is 10.2 Å². The monoisotopic (exact) mass is 407 g/mol. The minimum absolute atomic E-state index is 0.305. The number of ether oxygens (including phenoxy) is 2. The van der Waals surface area contributed by atoms with Crippen LogP contribution in [0.15, 0.2) is 47.6 Å². The molecule has 134 valence electrons. The van der Waals surface area contributed by atoms with Gasteiger partial charge >= 0.3 is 0 Å². The maximum Gasteiger partial charge on any atom is 0.192 e. The first kappa shape index (κ1) is 17.5. The zero-order valence-corrected chi connectivity index (χ0v) is 16.2. The average Bonchev–Trinajstić information content (AvgIpc) is 3.01. The maximum atomic E-state index is 6.23. The topological polar surface area (TPSA) is 49.2 Å². The Balaban J connectivity index is 1.50. The van der Waals surface area contributed by atoms with Crippen LogP contribution >= 0.6 is 35.0 Å². The van der Waals surface area contributed by atoms with E-state index in [1.807, 2.05) is 54.1 Å². The smallest absolute Gasteiger partial charge is 0.192 e. The summed E-state index contributed by atoms with van der Waals surface area (Å²) < 4.78 is 13.7. The summed E-state index contributed by atoms with van der Waals surface area (Å²) in [5, 5.41) is 10.6. The molecule has 2 aromatic carbocycles. The van der Waals surface area contributed by atoms with Gasteiger partial charge in [-0.1, -0.05) is 53.2 Å². The largest absolute Gasteiger partial charge is 0.485 e. The lowest BCUT2D eigenvalue weighted by molar-refractivity contribution is 0.0825. The van der Waals surface area contributed by atoms with Gasteiger partial charge < -0.3 is 14.0 Å². The summed E-state index contributed by atoms with van der Waals surface area (Å²) >= 11 is 14.0. The van der Waals surface area contributed by atoms with Crippen LogP contribution in [0.4, 0.5) is 0 Å². The minimum Gasteiger partial charge on any atom is -0.485 e. The van der Waals surface area contributed by atoms with Crippen molar-refractivity contribution < 1.29 is 9.47 Å². The van der Waals surface area contributed by atoms with E-state index < -0.39 is 0 Å². The molecule has 0 aliphatic carbocycles. The number of thioether (sulfide) groups is 1. The van der Waals surface area contributed by atoms with Crippen molar-refractivity contribution in [2.45, 2.75) is 17.0 Å². The second-order valence-corrected chi connectivity index (χ2v) is 7.51. The number of rotatable bonds is 4. The van der Waals surface area contributed by atoms with Crippen LogP contribution in [0.5, 0.6) is 11.5 Å². The van der Waals surface area contributed by atoms with E-state index in [9.17, 15) is 0 Å². The summed E-state index contributed by atoms with van der Waals surface area (Å²) in [7, 11) is 1.91. The highest BCUT2D eigenvalue weighted by Gasteiger charge is 2.27. The molecule has 5 nitrogen and oxygen atoms in total. The molecule has 1 unspecified atom stereocenters. The van der Waals surface area contributed by atoms with Crippen molar-refractivity contribution in [3.05, 3.63) is 63.9 Å². The van der Waals surface area contributed by atoms with Crippen LogP contribution in [0.2, 0.25) is 10.0 Å². The van der Waals surface area contributed by atoms with E-state index in [0.29, 0.717) is 34.0 Å². The van der Waals surface area contributed by atoms with Crippen LogP contribution in [0.1, 0.15) is 17.5 Å². The van der Waals surface area contributed by atoms with Crippen molar-refractivity contribution in [3.8, 4) is 11.5 Å². The van der Waals surface area contributed by atoms with Crippen LogP contribution in [-0.2, 0) is 12.8 Å². The highest BCUT2D eigenvalue weighted by molar-refractivity contribution is 7.98. The zero-order chi connectivity index (χ0) is 18.1. The zero-order valence-electron chi connectivity index (χ0n) is 13.9. The molecule has 0 radical (unpaired) electrons. The van der Waals surface area contributed by atoms with Crippen LogP contribution in [-0.4, -0.2) is 21.4 Å². The first-order chi connectivity index (χ1) is 12.6. The van der Waals surface area contributed by atoms with Crippen LogP contribution < -0.4 is 9.47 Å². The summed E-state index contributed by atoms with van der Waals surface area (Å²) in [4.78, 5) is 0.